The molecular weight excluding hydrogens is 274 g/mol. The van der Waals surface area contributed by atoms with Gasteiger partial charge < -0.3 is 5.32 Å². The predicted octanol–water partition coefficient (Wildman–Crippen LogP) is 3.33. The zero-order valence-corrected chi connectivity index (χ0v) is 12.0. The van der Waals surface area contributed by atoms with Gasteiger partial charge >= 0.3 is 0 Å². The van der Waals surface area contributed by atoms with Crippen LogP contribution in [-0.4, -0.2) is 20.0 Å². The van der Waals surface area contributed by atoms with Crippen molar-refractivity contribution in [1.29, 1.82) is 5.41 Å². The summed E-state index contributed by atoms with van der Waals surface area (Å²) in [5.41, 5.74) is 5.82. The van der Waals surface area contributed by atoms with E-state index < -0.39 is 0 Å². The quantitative estimate of drug-likeness (QED) is 0.459. The molecular formula is C15H15ClN3O. The number of anilines is 1. The Balaban J connectivity index is 2.49. The molecule has 0 aromatic heterocycles. The van der Waals surface area contributed by atoms with Crippen LogP contribution < -0.4 is 10.8 Å². The standard InChI is InChI=1S/C15H15ClN3O/c1-18-13-8-4-7-12(16)14(13)10-5-3-6-11(9-10)15(17)19-20-2/h3-7,9,18H,1-2H3,(H2,17,19). The molecule has 0 bridgehead atoms. The van der Waals surface area contributed by atoms with Crippen molar-refractivity contribution < 1.29 is 4.84 Å². The lowest BCUT2D eigenvalue weighted by Gasteiger charge is -2.12. The van der Waals surface area contributed by atoms with E-state index in [-0.39, 0.29) is 5.84 Å². The summed E-state index contributed by atoms with van der Waals surface area (Å²) in [6.07, 6.45) is 0. The molecule has 0 heterocycles. The Morgan fingerprint density at radius 3 is 2.85 bits per heavy atom. The van der Waals surface area contributed by atoms with Gasteiger partial charge in [0.05, 0.1) is 17.8 Å². The van der Waals surface area contributed by atoms with Crippen molar-refractivity contribution in [3.63, 3.8) is 0 Å². The summed E-state index contributed by atoms with van der Waals surface area (Å²) in [5, 5.41) is 11.6. The summed E-state index contributed by atoms with van der Waals surface area (Å²) in [6, 6.07) is 14.2. The minimum Gasteiger partial charge on any atom is -0.387 e. The molecule has 1 radical (unpaired) electrons. The number of nitrogens with one attached hydrogen (secondary N) is 3. The molecule has 0 fully saturated rings. The Morgan fingerprint density at radius 2 is 2.15 bits per heavy atom. The highest BCUT2D eigenvalue weighted by Crippen LogP contribution is 2.34. The molecule has 2 aromatic carbocycles. The molecule has 2 rings (SSSR count). The summed E-state index contributed by atoms with van der Waals surface area (Å²) in [7, 11) is 3.30. The fourth-order valence-corrected chi connectivity index (χ4v) is 2.21. The fourth-order valence-electron chi connectivity index (χ4n) is 1.94. The van der Waals surface area contributed by atoms with Gasteiger partial charge in [0, 0.05) is 24.2 Å². The Labute approximate surface area is 123 Å². The molecule has 5 heteroatoms. The van der Waals surface area contributed by atoms with Crippen molar-refractivity contribution in [3.05, 3.63) is 53.1 Å². The molecule has 0 aliphatic rings. The Hall–Kier alpha value is -2.04. The summed E-state index contributed by atoms with van der Waals surface area (Å²) in [4.78, 5) is 4.75. The van der Waals surface area contributed by atoms with E-state index in [9.17, 15) is 0 Å². The summed E-state index contributed by atoms with van der Waals surface area (Å²) in [6.45, 7) is 0. The van der Waals surface area contributed by atoms with Gasteiger partial charge in [-0.15, -0.1) is 0 Å². The first kappa shape index (κ1) is 14.4. The third-order valence-electron chi connectivity index (χ3n) is 2.84. The van der Waals surface area contributed by atoms with Gasteiger partial charge in [-0.05, 0) is 17.7 Å². The largest absolute Gasteiger partial charge is 0.387 e. The van der Waals surface area contributed by atoms with E-state index in [1.165, 1.54) is 7.11 Å². The average Bonchev–Trinajstić information content (AvgIpc) is 2.47. The van der Waals surface area contributed by atoms with Gasteiger partial charge in [-0.2, -0.15) is 0 Å². The Kier molecular flexibility index (Phi) is 4.61. The number of hydrogen-bond acceptors (Lipinski definition) is 3. The summed E-state index contributed by atoms with van der Waals surface area (Å²) < 4.78 is 0. The minimum absolute atomic E-state index is 0.191. The highest BCUT2D eigenvalue weighted by molar-refractivity contribution is 6.34. The van der Waals surface area contributed by atoms with Crippen LogP contribution in [0.5, 0.6) is 0 Å². The van der Waals surface area contributed by atoms with E-state index in [2.05, 4.69) is 16.9 Å². The van der Waals surface area contributed by atoms with Gasteiger partial charge in [-0.1, -0.05) is 35.9 Å². The first-order valence-corrected chi connectivity index (χ1v) is 6.41. The van der Waals surface area contributed by atoms with Crippen molar-refractivity contribution in [1.82, 2.24) is 5.48 Å². The first-order valence-electron chi connectivity index (χ1n) is 6.03. The van der Waals surface area contributed by atoms with Gasteiger partial charge in [-0.3, -0.25) is 10.2 Å². The molecule has 103 valence electrons. The first-order chi connectivity index (χ1) is 9.67. The van der Waals surface area contributed by atoms with Crippen LogP contribution >= 0.6 is 11.6 Å². The van der Waals surface area contributed by atoms with Gasteiger partial charge in [0.15, 0.2) is 0 Å². The normalized spacial score (nSPS) is 10.2. The molecule has 0 aliphatic carbocycles. The minimum atomic E-state index is 0.191. The van der Waals surface area contributed by atoms with E-state index in [1.54, 1.807) is 12.1 Å². The van der Waals surface area contributed by atoms with Crippen LogP contribution in [0.25, 0.3) is 11.1 Å². The van der Waals surface area contributed by atoms with Crippen LogP contribution in [0.4, 0.5) is 5.69 Å². The van der Waals surface area contributed by atoms with Crippen LogP contribution in [0.2, 0.25) is 5.02 Å². The number of hydrogen-bond donors (Lipinski definition) is 3. The third-order valence-corrected chi connectivity index (χ3v) is 3.16. The molecule has 0 unspecified atom stereocenters. The van der Waals surface area contributed by atoms with Gasteiger partial charge in [0.25, 0.3) is 0 Å². The molecule has 0 atom stereocenters. The van der Waals surface area contributed by atoms with Crippen LogP contribution in [0.15, 0.2) is 36.4 Å². The molecule has 0 spiro atoms. The molecule has 0 amide bonds. The second-order valence-corrected chi connectivity index (χ2v) is 4.49. The van der Waals surface area contributed by atoms with Gasteiger partial charge in [0.1, 0.15) is 5.84 Å². The molecule has 20 heavy (non-hydrogen) atoms. The lowest BCUT2D eigenvalue weighted by molar-refractivity contribution is 0.144. The molecule has 2 aromatic rings. The van der Waals surface area contributed by atoms with E-state index >= 15 is 0 Å². The number of benzene rings is 2. The smallest absolute Gasteiger partial charge is 0.149 e. The lowest BCUT2D eigenvalue weighted by atomic mass is 10.0. The van der Waals surface area contributed by atoms with Crippen LogP contribution in [-0.2, 0) is 4.84 Å². The van der Waals surface area contributed by atoms with Crippen molar-refractivity contribution in [2.45, 2.75) is 0 Å². The Bertz CT molecular complexity index is 628. The summed E-state index contributed by atoms with van der Waals surface area (Å²) in [5.74, 6) is 0.191. The second kappa shape index (κ2) is 6.41. The zero-order chi connectivity index (χ0) is 14.5. The fraction of sp³-hybridized carbons (Fsp3) is 0.133. The maximum Gasteiger partial charge on any atom is 0.149 e. The van der Waals surface area contributed by atoms with E-state index in [0.717, 1.165) is 16.8 Å². The highest BCUT2D eigenvalue weighted by atomic mass is 35.5. The summed E-state index contributed by atoms with van der Waals surface area (Å²) >= 11 is 6.28. The number of rotatable bonds is 4. The van der Waals surface area contributed by atoms with Crippen LogP contribution in [0.1, 0.15) is 5.56 Å². The third kappa shape index (κ3) is 2.92. The van der Waals surface area contributed by atoms with E-state index in [0.29, 0.717) is 10.6 Å². The van der Waals surface area contributed by atoms with Crippen LogP contribution in [0.3, 0.4) is 0 Å². The lowest BCUT2D eigenvalue weighted by Crippen LogP contribution is -2.21. The van der Waals surface area contributed by atoms with Crippen molar-refractivity contribution in [3.8, 4) is 11.1 Å². The monoisotopic (exact) mass is 288 g/mol. The molecule has 0 saturated carbocycles. The SMILES string of the molecule is CNc1[c]ccc(Cl)c1-c1cccc(C(=N)NOC)c1. The van der Waals surface area contributed by atoms with E-state index in [4.69, 9.17) is 21.8 Å². The number of amidine groups is 1. The van der Waals surface area contributed by atoms with Crippen molar-refractivity contribution in [2.75, 3.05) is 19.5 Å². The van der Waals surface area contributed by atoms with Crippen LogP contribution in [0, 0.1) is 11.5 Å². The Morgan fingerprint density at radius 1 is 1.35 bits per heavy atom. The molecule has 4 nitrogen and oxygen atoms in total. The van der Waals surface area contributed by atoms with Gasteiger partial charge in [-0.25, -0.2) is 5.48 Å². The maximum atomic E-state index is 7.85. The maximum absolute atomic E-state index is 7.85. The second-order valence-electron chi connectivity index (χ2n) is 4.09. The van der Waals surface area contributed by atoms with Crippen molar-refractivity contribution in [2.24, 2.45) is 0 Å². The van der Waals surface area contributed by atoms with Crippen molar-refractivity contribution >= 4 is 23.1 Å². The number of halogens is 1. The van der Waals surface area contributed by atoms with Gasteiger partial charge in [0.2, 0.25) is 0 Å². The topological polar surface area (TPSA) is 57.1 Å². The molecule has 3 N–H and O–H groups in total. The zero-order valence-electron chi connectivity index (χ0n) is 11.3. The molecule has 0 saturated heterocycles. The number of hydroxylamine groups is 1. The predicted molar refractivity (Wildman–Crippen MR) is 82.2 cm³/mol. The van der Waals surface area contributed by atoms with E-state index in [1.807, 2.05) is 31.3 Å². The highest BCUT2D eigenvalue weighted by Gasteiger charge is 2.10. The average molecular weight is 289 g/mol. The molecule has 0 aliphatic heterocycles.